The lowest BCUT2D eigenvalue weighted by Crippen LogP contribution is -2.47. The molecular formula is C31H47N3O3. The summed E-state index contributed by atoms with van der Waals surface area (Å²) in [6.45, 7) is 15.6. The van der Waals surface area contributed by atoms with Crippen molar-refractivity contribution in [2.45, 2.75) is 90.7 Å². The van der Waals surface area contributed by atoms with Crippen molar-refractivity contribution in [1.29, 1.82) is 0 Å². The standard InChI is InChI=1S/C31H47N3O3/c1-7-11-28(22(2)3)37-29(23(4)5)18-21-33-19-16-24(17-20-33)34-27-14-9-8-12-25(27)26(31(34)36)13-10-15-30(35)32-6/h8-9,11-12,14,23-24,26,29H,2,7,10,13,15-21H2,1,3-6H3,(H,32,35)/b28-11+. The zero-order valence-electron chi connectivity index (χ0n) is 23.6. The molecule has 2 unspecified atom stereocenters. The average molecular weight is 510 g/mol. The van der Waals surface area contributed by atoms with E-state index in [4.69, 9.17) is 4.74 Å². The van der Waals surface area contributed by atoms with E-state index in [1.54, 1.807) is 7.05 Å². The van der Waals surface area contributed by atoms with Gasteiger partial charge in [-0.05, 0) is 74.6 Å². The molecule has 1 aromatic rings. The maximum atomic E-state index is 13.6. The van der Waals surface area contributed by atoms with Gasteiger partial charge in [-0.25, -0.2) is 0 Å². The molecule has 1 aromatic carbocycles. The Balaban J connectivity index is 1.57. The molecule has 2 amide bonds. The van der Waals surface area contributed by atoms with Crippen LogP contribution in [0.15, 0.2) is 48.3 Å². The van der Waals surface area contributed by atoms with Crippen LogP contribution >= 0.6 is 0 Å². The summed E-state index contributed by atoms with van der Waals surface area (Å²) in [5.74, 6) is 1.46. The molecule has 0 spiro atoms. The molecule has 0 radical (unpaired) electrons. The maximum absolute atomic E-state index is 13.6. The summed E-state index contributed by atoms with van der Waals surface area (Å²) in [7, 11) is 1.66. The molecule has 37 heavy (non-hydrogen) atoms. The Bertz CT molecular complexity index is 962. The molecule has 204 valence electrons. The van der Waals surface area contributed by atoms with Crippen LogP contribution in [-0.2, 0) is 14.3 Å². The van der Waals surface area contributed by atoms with Gasteiger partial charge in [0, 0.05) is 44.8 Å². The van der Waals surface area contributed by atoms with Crippen molar-refractivity contribution in [2.75, 3.05) is 31.6 Å². The quantitative estimate of drug-likeness (QED) is 0.270. The SMILES string of the molecule is C=C(C)/C(=C\CC)OC(CCN1CCC(N2C(=O)C(CCCC(=O)NC)c3ccccc32)CC1)C(C)C. The first-order chi connectivity index (χ1) is 17.8. The van der Waals surface area contributed by atoms with Gasteiger partial charge in [0.15, 0.2) is 0 Å². The first-order valence-electron chi connectivity index (χ1n) is 14.1. The monoisotopic (exact) mass is 509 g/mol. The number of nitrogens with zero attached hydrogens (tertiary/aromatic N) is 2. The van der Waals surface area contributed by atoms with Crippen LogP contribution in [0.1, 0.15) is 84.1 Å². The number of ether oxygens (including phenoxy) is 1. The van der Waals surface area contributed by atoms with Crippen LogP contribution < -0.4 is 10.2 Å². The minimum absolute atomic E-state index is 0.0327. The predicted molar refractivity (Wildman–Crippen MR) is 152 cm³/mol. The molecule has 3 rings (SSSR count). The Morgan fingerprint density at radius 1 is 1.24 bits per heavy atom. The Hall–Kier alpha value is -2.60. The van der Waals surface area contributed by atoms with Gasteiger partial charge in [0.05, 0.1) is 5.92 Å². The van der Waals surface area contributed by atoms with Crippen molar-refractivity contribution in [3.8, 4) is 0 Å². The maximum Gasteiger partial charge on any atom is 0.234 e. The molecule has 0 aliphatic carbocycles. The van der Waals surface area contributed by atoms with Gasteiger partial charge >= 0.3 is 0 Å². The van der Waals surface area contributed by atoms with Gasteiger partial charge in [0.25, 0.3) is 0 Å². The number of nitrogens with one attached hydrogen (secondary N) is 1. The fourth-order valence-electron chi connectivity index (χ4n) is 5.58. The molecule has 1 saturated heterocycles. The van der Waals surface area contributed by atoms with Crippen LogP contribution in [0.3, 0.4) is 0 Å². The predicted octanol–water partition coefficient (Wildman–Crippen LogP) is 5.80. The third-order valence-corrected chi connectivity index (χ3v) is 7.77. The third kappa shape index (κ3) is 7.47. The number of carbonyl (C=O) groups excluding carboxylic acids is 2. The van der Waals surface area contributed by atoms with Crippen LogP contribution in [0.25, 0.3) is 0 Å². The number of likely N-dealkylation sites (tertiary alicyclic amines) is 1. The number of fused-ring (bicyclic) bond motifs is 1. The first kappa shape index (κ1) is 29.0. The Morgan fingerprint density at radius 2 is 1.95 bits per heavy atom. The van der Waals surface area contributed by atoms with E-state index in [0.29, 0.717) is 18.8 Å². The fraction of sp³-hybridized carbons (Fsp3) is 0.613. The van der Waals surface area contributed by atoms with Crippen LogP contribution in [0.2, 0.25) is 0 Å². The molecule has 0 bridgehead atoms. The van der Waals surface area contributed by atoms with Gasteiger partial charge in [0.2, 0.25) is 11.8 Å². The van der Waals surface area contributed by atoms with Crippen LogP contribution in [0, 0.1) is 5.92 Å². The van der Waals surface area contributed by atoms with Crippen molar-refractivity contribution in [1.82, 2.24) is 10.2 Å². The Labute approximate surface area is 224 Å². The first-order valence-corrected chi connectivity index (χ1v) is 14.1. The van der Waals surface area contributed by atoms with Gasteiger partial charge in [-0.2, -0.15) is 0 Å². The number of anilines is 1. The number of rotatable bonds is 13. The lowest BCUT2D eigenvalue weighted by molar-refractivity contribution is -0.122. The van der Waals surface area contributed by atoms with Crippen LogP contribution in [0.4, 0.5) is 5.69 Å². The second kappa shape index (κ2) is 13.8. The van der Waals surface area contributed by atoms with E-state index in [-0.39, 0.29) is 29.9 Å². The molecular weight excluding hydrogens is 462 g/mol. The van der Waals surface area contributed by atoms with Gasteiger partial charge in [0.1, 0.15) is 11.9 Å². The topological polar surface area (TPSA) is 61.9 Å². The number of para-hydroxylation sites is 1. The van der Waals surface area contributed by atoms with E-state index in [1.165, 1.54) is 0 Å². The zero-order valence-corrected chi connectivity index (χ0v) is 23.6. The fourth-order valence-corrected chi connectivity index (χ4v) is 5.58. The van der Waals surface area contributed by atoms with E-state index < -0.39 is 0 Å². The number of amides is 2. The summed E-state index contributed by atoms with van der Waals surface area (Å²) in [6, 6.07) is 8.45. The van der Waals surface area contributed by atoms with E-state index in [1.807, 2.05) is 19.1 Å². The van der Waals surface area contributed by atoms with Gasteiger partial charge in [-0.3, -0.25) is 9.59 Å². The van der Waals surface area contributed by atoms with Crippen LogP contribution in [0.5, 0.6) is 0 Å². The lowest BCUT2D eigenvalue weighted by atomic mass is 9.95. The molecule has 1 fully saturated rings. The highest BCUT2D eigenvalue weighted by Gasteiger charge is 2.41. The molecule has 6 heteroatoms. The Morgan fingerprint density at radius 3 is 2.57 bits per heavy atom. The number of hydrogen-bond acceptors (Lipinski definition) is 4. The largest absolute Gasteiger partial charge is 0.490 e. The molecule has 2 heterocycles. The molecule has 0 saturated carbocycles. The number of carbonyl (C=O) groups is 2. The Kier molecular flexibility index (Phi) is 10.8. The number of hydrogen-bond donors (Lipinski definition) is 1. The number of piperidine rings is 1. The average Bonchev–Trinajstić information content (AvgIpc) is 3.16. The summed E-state index contributed by atoms with van der Waals surface area (Å²) in [5.41, 5.74) is 3.17. The molecule has 2 aliphatic rings. The molecule has 1 N–H and O–H groups in total. The molecule has 2 atom stereocenters. The summed E-state index contributed by atoms with van der Waals surface area (Å²) >= 11 is 0. The highest BCUT2D eigenvalue weighted by atomic mass is 16.5. The third-order valence-electron chi connectivity index (χ3n) is 7.77. The highest BCUT2D eigenvalue weighted by Crippen LogP contribution is 2.42. The molecule has 0 aromatic heterocycles. The smallest absolute Gasteiger partial charge is 0.234 e. The number of allylic oxidation sites excluding steroid dienone is 2. The second-order valence-corrected chi connectivity index (χ2v) is 10.9. The number of benzene rings is 1. The summed E-state index contributed by atoms with van der Waals surface area (Å²) in [4.78, 5) is 29.8. The summed E-state index contributed by atoms with van der Waals surface area (Å²) < 4.78 is 6.38. The normalized spacial score (nSPS) is 19.7. The lowest BCUT2D eigenvalue weighted by Gasteiger charge is -2.38. The summed E-state index contributed by atoms with van der Waals surface area (Å²) in [5, 5.41) is 2.67. The van der Waals surface area contributed by atoms with Crippen molar-refractivity contribution in [3.05, 3.63) is 53.8 Å². The zero-order chi connectivity index (χ0) is 26.9. The van der Waals surface area contributed by atoms with Crippen molar-refractivity contribution in [3.63, 3.8) is 0 Å². The summed E-state index contributed by atoms with van der Waals surface area (Å²) in [6.07, 6.45) is 8.06. The minimum Gasteiger partial charge on any atom is -0.490 e. The second-order valence-electron chi connectivity index (χ2n) is 10.9. The van der Waals surface area contributed by atoms with Crippen molar-refractivity contribution >= 4 is 17.5 Å². The van der Waals surface area contributed by atoms with E-state index in [9.17, 15) is 9.59 Å². The van der Waals surface area contributed by atoms with Gasteiger partial charge in [-0.15, -0.1) is 0 Å². The van der Waals surface area contributed by atoms with Crippen molar-refractivity contribution in [2.24, 2.45) is 5.92 Å². The van der Waals surface area contributed by atoms with E-state index in [2.05, 4.69) is 60.7 Å². The highest BCUT2D eigenvalue weighted by molar-refractivity contribution is 6.05. The molecule has 2 aliphatic heterocycles. The minimum atomic E-state index is -0.137. The van der Waals surface area contributed by atoms with Gasteiger partial charge in [-0.1, -0.05) is 45.5 Å². The van der Waals surface area contributed by atoms with Gasteiger partial charge < -0.3 is 19.9 Å². The van der Waals surface area contributed by atoms with Crippen LogP contribution in [-0.4, -0.2) is 55.5 Å². The van der Waals surface area contributed by atoms with E-state index in [0.717, 1.165) is 74.3 Å². The van der Waals surface area contributed by atoms with E-state index >= 15 is 0 Å². The van der Waals surface area contributed by atoms with Crippen molar-refractivity contribution < 1.29 is 14.3 Å². The molecule has 6 nitrogen and oxygen atoms in total.